The van der Waals surface area contributed by atoms with E-state index in [-0.39, 0.29) is 0 Å². The van der Waals surface area contributed by atoms with Gasteiger partial charge in [-0.1, -0.05) is 0 Å². The third kappa shape index (κ3) is 8.93. The Morgan fingerprint density at radius 1 is 1.16 bits per heavy atom. The highest BCUT2D eigenvalue weighted by Gasteiger charge is 2.28. The van der Waals surface area contributed by atoms with Gasteiger partial charge in [-0.15, -0.1) is 0 Å². The lowest BCUT2D eigenvalue weighted by atomic mass is 9.99. The van der Waals surface area contributed by atoms with Gasteiger partial charge in [0.2, 0.25) is 0 Å². The number of nitrogens with zero attached hydrogens (tertiary/aromatic N) is 1. The van der Waals surface area contributed by atoms with Gasteiger partial charge in [-0.3, -0.25) is 9.69 Å². The van der Waals surface area contributed by atoms with Gasteiger partial charge in [0, 0.05) is 32.8 Å². The summed E-state index contributed by atoms with van der Waals surface area (Å²) in [5.41, 5.74) is 4.54. The molecule has 0 aliphatic carbocycles. The third-order valence-corrected chi connectivity index (χ3v) is 2.95. The second-order valence-electron chi connectivity index (χ2n) is 4.71. The van der Waals surface area contributed by atoms with Crippen LogP contribution in [0, 0.1) is 0 Å². The Labute approximate surface area is 115 Å². The fourth-order valence-corrected chi connectivity index (χ4v) is 1.51. The summed E-state index contributed by atoms with van der Waals surface area (Å²) in [5.74, 6) is -0.970. The van der Waals surface area contributed by atoms with Crippen LogP contribution in [0.15, 0.2) is 0 Å². The maximum Gasteiger partial charge on any atom is 0.323 e. The number of nitrogens with two attached hydrogens (primary N) is 1. The lowest BCUT2D eigenvalue weighted by Crippen LogP contribution is -2.48. The zero-order valence-corrected chi connectivity index (χ0v) is 12.4. The summed E-state index contributed by atoms with van der Waals surface area (Å²) >= 11 is 0. The van der Waals surface area contributed by atoms with Crippen molar-refractivity contribution >= 4 is 5.97 Å². The molecule has 0 aromatic rings. The largest absolute Gasteiger partial charge is 0.480 e. The number of carboxylic acids is 1. The van der Waals surface area contributed by atoms with Gasteiger partial charge in [0.05, 0.1) is 13.2 Å². The van der Waals surface area contributed by atoms with Crippen LogP contribution in [0.3, 0.4) is 0 Å². The standard InChI is InChI=1S/C13H28N2O4/c1-4-18-10-8-15(9-11-19-5-2)7-6-13(3,14)12(16)17/h4-11,14H2,1-3H3,(H,16,17). The van der Waals surface area contributed by atoms with Gasteiger partial charge in [-0.05, 0) is 27.2 Å². The van der Waals surface area contributed by atoms with Crippen molar-refractivity contribution in [1.29, 1.82) is 0 Å². The van der Waals surface area contributed by atoms with Crippen LogP contribution in [0.1, 0.15) is 27.2 Å². The Bertz CT molecular complexity index is 237. The molecule has 0 amide bonds. The molecule has 0 radical (unpaired) electrons. The number of hydrogen-bond acceptors (Lipinski definition) is 5. The van der Waals surface area contributed by atoms with Crippen molar-refractivity contribution in [3.05, 3.63) is 0 Å². The third-order valence-electron chi connectivity index (χ3n) is 2.95. The summed E-state index contributed by atoms with van der Waals surface area (Å²) < 4.78 is 10.6. The van der Waals surface area contributed by atoms with Crippen LogP contribution >= 0.6 is 0 Å². The van der Waals surface area contributed by atoms with E-state index in [1.807, 2.05) is 13.8 Å². The number of aliphatic carboxylic acids is 1. The second-order valence-corrected chi connectivity index (χ2v) is 4.71. The summed E-state index contributed by atoms with van der Waals surface area (Å²) in [6.07, 6.45) is 0.403. The molecule has 1 unspecified atom stereocenters. The van der Waals surface area contributed by atoms with E-state index < -0.39 is 11.5 Å². The molecule has 114 valence electrons. The van der Waals surface area contributed by atoms with E-state index in [2.05, 4.69) is 4.90 Å². The minimum absolute atomic E-state index is 0.403. The molecule has 19 heavy (non-hydrogen) atoms. The van der Waals surface area contributed by atoms with E-state index in [9.17, 15) is 4.79 Å². The van der Waals surface area contributed by atoms with Crippen LogP contribution in [-0.4, -0.2) is 67.6 Å². The van der Waals surface area contributed by atoms with Crippen molar-refractivity contribution in [3.8, 4) is 0 Å². The average molecular weight is 276 g/mol. The summed E-state index contributed by atoms with van der Waals surface area (Å²) in [6, 6.07) is 0. The molecule has 0 spiro atoms. The molecule has 1 atom stereocenters. The van der Waals surface area contributed by atoms with E-state index in [4.69, 9.17) is 20.3 Å². The molecule has 0 saturated carbocycles. The van der Waals surface area contributed by atoms with Crippen molar-refractivity contribution in [2.45, 2.75) is 32.7 Å². The highest BCUT2D eigenvalue weighted by atomic mass is 16.5. The first-order chi connectivity index (χ1) is 8.94. The predicted molar refractivity (Wildman–Crippen MR) is 74.3 cm³/mol. The lowest BCUT2D eigenvalue weighted by Gasteiger charge is -2.26. The van der Waals surface area contributed by atoms with Crippen LogP contribution in [0.2, 0.25) is 0 Å². The first-order valence-electron chi connectivity index (χ1n) is 6.84. The predicted octanol–water partition coefficient (Wildman–Crippen LogP) is 0.554. The van der Waals surface area contributed by atoms with E-state index in [0.29, 0.717) is 39.4 Å². The molecule has 0 rings (SSSR count). The summed E-state index contributed by atoms with van der Waals surface area (Å²) in [5, 5.41) is 8.99. The number of carboxylic acid groups (broad SMARTS) is 1. The second kappa shape index (κ2) is 10.1. The van der Waals surface area contributed by atoms with Gasteiger partial charge >= 0.3 is 5.97 Å². The molecule has 0 aliphatic rings. The average Bonchev–Trinajstić information content (AvgIpc) is 2.35. The molecule has 3 N–H and O–H groups in total. The first-order valence-corrected chi connectivity index (χ1v) is 6.84. The van der Waals surface area contributed by atoms with Crippen molar-refractivity contribution in [2.75, 3.05) is 46.1 Å². The van der Waals surface area contributed by atoms with Gasteiger partial charge < -0.3 is 20.3 Å². The highest BCUT2D eigenvalue weighted by Crippen LogP contribution is 2.07. The van der Waals surface area contributed by atoms with Crippen LogP contribution in [0.25, 0.3) is 0 Å². The first kappa shape index (κ1) is 18.3. The molecular formula is C13H28N2O4. The van der Waals surface area contributed by atoms with Gasteiger partial charge in [0.15, 0.2) is 0 Å². The maximum absolute atomic E-state index is 11.0. The molecule has 6 heteroatoms. The van der Waals surface area contributed by atoms with Crippen molar-refractivity contribution in [1.82, 2.24) is 4.90 Å². The Balaban J connectivity index is 4.12. The molecule has 0 aliphatic heterocycles. The Kier molecular flexibility index (Phi) is 9.77. The van der Waals surface area contributed by atoms with Gasteiger partial charge in [0.25, 0.3) is 0 Å². The van der Waals surface area contributed by atoms with Crippen molar-refractivity contribution in [2.24, 2.45) is 5.73 Å². The molecule has 0 aromatic heterocycles. The normalized spacial score (nSPS) is 14.6. The number of hydrogen-bond donors (Lipinski definition) is 2. The molecule has 0 aromatic carbocycles. The van der Waals surface area contributed by atoms with Crippen molar-refractivity contribution in [3.63, 3.8) is 0 Å². The number of carbonyl (C=O) groups is 1. The van der Waals surface area contributed by atoms with Crippen LogP contribution in [0.5, 0.6) is 0 Å². The zero-order chi connectivity index (χ0) is 14.7. The summed E-state index contributed by atoms with van der Waals surface area (Å²) in [6.45, 7) is 10.2. The van der Waals surface area contributed by atoms with Crippen LogP contribution in [-0.2, 0) is 14.3 Å². The minimum atomic E-state index is -1.19. The Hall–Kier alpha value is -0.690. The van der Waals surface area contributed by atoms with Gasteiger partial charge in [-0.2, -0.15) is 0 Å². The fourth-order valence-electron chi connectivity index (χ4n) is 1.51. The Morgan fingerprint density at radius 2 is 1.63 bits per heavy atom. The number of ether oxygens (including phenoxy) is 2. The topological polar surface area (TPSA) is 85.0 Å². The van der Waals surface area contributed by atoms with Crippen molar-refractivity contribution < 1.29 is 19.4 Å². The smallest absolute Gasteiger partial charge is 0.323 e. The van der Waals surface area contributed by atoms with Gasteiger partial charge in [0.1, 0.15) is 5.54 Å². The van der Waals surface area contributed by atoms with E-state index in [1.54, 1.807) is 6.92 Å². The molecule has 0 bridgehead atoms. The molecule has 0 fully saturated rings. The van der Waals surface area contributed by atoms with E-state index in [1.165, 1.54) is 0 Å². The highest BCUT2D eigenvalue weighted by molar-refractivity contribution is 5.77. The molecule has 0 heterocycles. The molecule has 6 nitrogen and oxygen atoms in total. The Morgan fingerprint density at radius 3 is 2.00 bits per heavy atom. The lowest BCUT2D eigenvalue weighted by molar-refractivity contribution is -0.143. The fraction of sp³-hybridized carbons (Fsp3) is 0.923. The number of rotatable bonds is 12. The van der Waals surface area contributed by atoms with Crippen LogP contribution < -0.4 is 5.73 Å². The van der Waals surface area contributed by atoms with Gasteiger partial charge in [-0.25, -0.2) is 0 Å². The van der Waals surface area contributed by atoms with E-state index >= 15 is 0 Å². The maximum atomic E-state index is 11.0. The summed E-state index contributed by atoms with van der Waals surface area (Å²) in [7, 11) is 0. The molecular weight excluding hydrogens is 248 g/mol. The molecule has 0 saturated heterocycles. The van der Waals surface area contributed by atoms with Crippen LogP contribution in [0.4, 0.5) is 0 Å². The SMILES string of the molecule is CCOCCN(CCOCC)CCC(C)(N)C(=O)O. The summed E-state index contributed by atoms with van der Waals surface area (Å²) in [4.78, 5) is 13.1. The van der Waals surface area contributed by atoms with E-state index in [0.717, 1.165) is 13.1 Å². The monoisotopic (exact) mass is 276 g/mol. The minimum Gasteiger partial charge on any atom is -0.480 e. The quantitative estimate of drug-likeness (QED) is 0.506. The zero-order valence-electron chi connectivity index (χ0n) is 12.4.